The van der Waals surface area contributed by atoms with Gasteiger partial charge in [-0.05, 0) is 36.4 Å². The van der Waals surface area contributed by atoms with E-state index in [-0.39, 0.29) is 11.6 Å². The molecule has 0 saturated heterocycles. The van der Waals surface area contributed by atoms with Gasteiger partial charge in [0, 0.05) is 10.2 Å². The number of nitrogens with zero attached hydrogens (tertiary/aromatic N) is 2. The van der Waals surface area contributed by atoms with E-state index in [4.69, 9.17) is 4.42 Å². The van der Waals surface area contributed by atoms with Gasteiger partial charge in [0.25, 0.3) is 5.91 Å². The van der Waals surface area contributed by atoms with E-state index in [1.54, 1.807) is 18.4 Å². The minimum atomic E-state index is -0.308. The predicted octanol–water partition coefficient (Wildman–Crippen LogP) is 3.70. The maximum absolute atomic E-state index is 12.1. The van der Waals surface area contributed by atoms with Crippen LogP contribution in [0.25, 0.3) is 0 Å². The molecule has 0 spiro atoms. The number of benzene rings is 1. The second kappa shape index (κ2) is 7.06. The maximum Gasteiger partial charge on any atom is 0.275 e. The second-order valence-corrected chi connectivity index (χ2v) is 5.60. The topological polar surface area (TPSA) is 80.0 Å². The highest BCUT2D eigenvalue weighted by molar-refractivity contribution is 9.10. The molecule has 0 fully saturated rings. The minimum Gasteiger partial charge on any atom is -0.467 e. The number of furan rings is 1. The lowest BCUT2D eigenvalue weighted by Gasteiger charge is -2.06. The highest BCUT2D eigenvalue weighted by Gasteiger charge is 2.08. The summed E-state index contributed by atoms with van der Waals surface area (Å²) >= 11 is 3.34. The van der Waals surface area contributed by atoms with E-state index >= 15 is 0 Å². The number of aromatic nitrogens is 2. The van der Waals surface area contributed by atoms with Crippen molar-refractivity contribution in [3.63, 3.8) is 0 Å². The van der Waals surface area contributed by atoms with Gasteiger partial charge in [-0.15, -0.1) is 0 Å². The van der Waals surface area contributed by atoms with Gasteiger partial charge in [-0.1, -0.05) is 15.9 Å². The van der Waals surface area contributed by atoms with Gasteiger partial charge in [0.1, 0.15) is 17.3 Å². The molecule has 1 aromatic carbocycles. The van der Waals surface area contributed by atoms with E-state index in [9.17, 15) is 4.79 Å². The fourth-order valence-corrected chi connectivity index (χ4v) is 2.12. The van der Waals surface area contributed by atoms with Crippen LogP contribution in [0.4, 0.5) is 11.5 Å². The number of halogens is 1. The summed E-state index contributed by atoms with van der Waals surface area (Å²) < 4.78 is 6.16. The van der Waals surface area contributed by atoms with Crippen molar-refractivity contribution in [3.8, 4) is 0 Å². The normalized spacial score (nSPS) is 10.3. The number of hydrogen-bond acceptors (Lipinski definition) is 5. The van der Waals surface area contributed by atoms with Gasteiger partial charge in [-0.2, -0.15) is 0 Å². The molecule has 7 heteroatoms. The Kier molecular flexibility index (Phi) is 4.68. The summed E-state index contributed by atoms with van der Waals surface area (Å²) in [5.74, 6) is 1.06. The third-order valence-electron chi connectivity index (χ3n) is 3.01. The molecule has 116 valence electrons. The van der Waals surface area contributed by atoms with Crippen molar-refractivity contribution in [2.45, 2.75) is 6.54 Å². The van der Waals surface area contributed by atoms with Crippen LogP contribution in [0.15, 0.2) is 63.9 Å². The fourth-order valence-electron chi connectivity index (χ4n) is 1.86. The summed E-state index contributed by atoms with van der Waals surface area (Å²) in [6.45, 7) is 0.506. The summed E-state index contributed by atoms with van der Waals surface area (Å²) in [6.07, 6.45) is 4.55. The van der Waals surface area contributed by atoms with E-state index in [0.717, 1.165) is 10.2 Å². The molecule has 6 nitrogen and oxygen atoms in total. The zero-order valence-electron chi connectivity index (χ0n) is 12.0. The van der Waals surface area contributed by atoms with Gasteiger partial charge in [-0.25, -0.2) is 9.97 Å². The number of amides is 1. The van der Waals surface area contributed by atoms with Crippen LogP contribution in [-0.2, 0) is 6.54 Å². The Bertz CT molecular complexity index is 771. The van der Waals surface area contributed by atoms with Crippen molar-refractivity contribution < 1.29 is 9.21 Å². The zero-order chi connectivity index (χ0) is 16.1. The maximum atomic E-state index is 12.1. The molecule has 3 rings (SSSR count). The number of anilines is 2. The Balaban J connectivity index is 1.59. The van der Waals surface area contributed by atoms with Crippen molar-refractivity contribution in [3.05, 3.63) is 71.0 Å². The average molecular weight is 373 g/mol. The molecule has 3 aromatic rings. The first-order valence-corrected chi connectivity index (χ1v) is 7.65. The van der Waals surface area contributed by atoms with Gasteiger partial charge < -0.3 is 15.1 Å². The van der Waals surface area contributed by atoms with Gasteiger partial charge in [0.15, 0.2) is 0 Å². The van der Waals surface area contributed by atoms with Gasteiger partial charge in [-0.3, -0.25) is 4.79 Å². The number of hydrogen-bond donors (Lipinski definition) is 2. The number of carbonyl (C=O) groups excluding carboxylic acids is 1. The molecule has 1 amide bonds. The Hall–Kier alpha value is -2.67. The van der Waals surface area contributed by atoms with Gasteiger partial charge >= 0.3 is 0 Å². The lowest BCUT2D eigenvalue weighted by atomic mass is 10.3. The molecule has 23 heavy (non-hydrogen) atoms. The van der Waals surface area contributed by atoms with Crippen LogP contribution in [0.5, 0.6) is 0 Å². The standard InChI is InChI=1S/C16H13BrN4O2/c17-11-3-5-12(6-4-11)21-16(22)14-9-20-15(10-18-14)19-8-13-2-1-7-23-13/h1-7,9-10H,8H2,(H,19,20)(H,21,22). The van der Waals surface area contributed by atoms with Crippen molar-refractivity contribution >= 4 is 33.3 Å². The number of carbonyl (C=O) groups is 1. The molecule has 0 saturated carbocycles. The third kappa shape index (κ3) is 4.17. The zero-order valence-corrected chi connectivity index (χ0v) is 13.6. The molecule has 0 unspecified atom stereocenters. The molecule has 2 N–H and O–H groups in total. The van der Waals surface area contributed by atoms with Gasteiger partial charge in [0.2, 0.25) is 0 Å². The molecular formula is C16H13BrN4O2. The molecular weight excluding hydrogens is 360 g/mol. The van der Waals surface area contributed by atoms with Crippen molar-refractivity contribution in [2.75, 3.05) is 10.6 Å². The largest absolute Gasteiger partial charge is 0.467 e. The third-order valence-corrected chi connectivity index (χ3v) is 3.54. The highest BCUT2D eigenvalue weighted by atomic mass is 79.9. The van der Waals surface area contributed by atoms with E-state index in [1.165, 1.54) is 12.4 Å². The highest BCUT2D eigenvalue weighted by Crippen LogP contribution is 2.15. The molecule has 2 aromatic heterocycles. The lowest BCUT2D eigenvalue weighted by Crippen LogP contribution is -2.14. The SMILES string of the molecule is O=C(Nc1ccc(Br)cc1)c1cnc(NCc2ccco2)cn1. The van der Waals surface area contributed by atoms with Crippen LogP contribution in [0.2, 0.25) is 0 Å². The quantitative estimate of drug-likeness (QED) is 0.713. The molecule has 2 heterocycles. The van der Waals surface area contributed by atoms with Crippen LogP contribution < -0.4 is 10.6 Å². The van der Waals surface area contributed by atoms with Crippen molar-refractivity contribution in [1.29, 1.82) is 0 Å². The van der Waals surface area contributed by atoms with Crippen LogP contribution in [0, 0.1) is 0 Å². The van der Waals surface area contributed by atoms with Crippen LogP contribution in [0.3, 0.4) is 0 Å². The van der Waals surface area contributed by atoms with E-state index in [1.807, 2.05) is 24.3 Å². The lowest BCUT2D eigenvalue weighted by molar-refractivity contribution is 0.102. The Morgan fingerprint density at radius 3 is 2.61 bits per heavy atom. The van der Waals surface area contributed by atoms with Crippen LogP contribution >= 0.6 is 15.9 Å². The van der Waals surface area contributed by atoms with E-state index < -0.39 is 0 Å². The number of nitrogens with one attached hydrogen (secondary N) is 2. The molecule has 0 aliphatic heterocycles. The Labute approximate surface area is 141 Å². The Morgan fingerprint density at radius 1 is 1.13 bits per heavy atom. The summed E-state index contributed by atoms with van der Waals surface area (Å²) in [5, 5.41) is 5.83. The smallest absolute Gasteiger partial charge is 0.275 e. The van der Waals surface area contributed by atoms with Crippen molar-refractivity contribution in [2.24, 2.45) is 0 Å². The first-order chi connectivity index (χ1) is 11.2. The molecule has 0 aliphatic carbocycles. The predicted molar refractivity (Wildman–Crippen MR) is 90.2 cm³/mol. The average Bonchev–Trinajstić information content (AvgIpc) is 3.09. The van der Waals surface area contributed by atoms with Crippen molar-refractivity contribution in [1.82, 2.24) is 9.97 Å². The molecule has 0 bridgehead atoms. The Morgan fingerprint density at radius 2 is 1.96 bits per heavy atom. The minimum absolute atomic E-state index is 0.247. The number of rotatable bonds is 5. The van der Waals surface area contributed by atoms with E-state index in [0.29, 0.717) is 18.1 Å². The molecule has 0 radical (unpaired) electrons. The summed E-state index contributed by atoms with van der Waals surface area (Å²) in [7, 11) is 0. The fraction of sp³-hybridized carbons (Fsp3) is 0.0625. The van der Waals surface area contributed by atoms with Crippen LogP contribution in [-0.4, -0.2) is 15.9 Å². The molecule has 0 aliphatic rings. The van der Waals surface area contributed by atoms with E-state index in [2.05, 4.69) is 36.5 Å². The van der Waals surface area contributed by atoms with Gasteiger partial charge in [0.05, 0.1) is 25.2 Å². The van der Waals surface area contributed by atoms with Crippen LogP contribution in [0.1, 0.15) is 16.2 Å². The first kappa shape index (κ1) is 15.2. The summed E-state index contributed by atoms with van der Waals surface area (Å²) in [6, 6.07) is 11.0. The molecule has 0 atom stereocenters. The summed E-state index contributed by atoms with van der Waals surface area (Å²) in [5.41, 5.74) is 0.941. The summed E-state index contributed by atoms with van der Waals surface area (Å²) in [4.78, 5) is 20.4. The monoisotopic (exact) mass is 372 g/mol. The first-order valence-electron chi connectivity index (χ1n) is 6.86. The second-order valence-electron chi connectivity index (χ2n) is 4.68.